The lowest BCUT2D eigenvalue weighted by Gasteiger charge is -2.35. The van der Waals surface area contributed by atoms with Crippen LogP contribution >= 0.6 is 15.9 Å². The molecule has 1 N–H and O–H groups in total. The Labute approximate surface area is 105 Å². The van der Waals surface area contributed by atoms with E-state index in [9.17, 15) is 5.11 Å². The average Bonchev–Trinajstić information content (AvgIpc) is 2.33. The van der Waals surface area contributed by atoms with Crippen LogP contribution in [0.1, 0.15) is 12.0 Å². The van der Waals surface area contributed by atoms with Crippen LogP contribution in [0.25, 0.3) is 0 Å². The Kier molecular flexibility index (Phi) is 4.38. The maximum Gasteiger partial charge on any atom is 0.0482 e. The second-order valence-electron chi connectivity index (χ2n) is 4.47. The highest BCUT2D eigenvalue weighted by Crippen LogP contribution is 2.24. The number of likely N-dealkylation sites (tertiary alicyclic amines) is 1. The monoisotopic (exact) mass is 283 g/mol. The van der Waals surface area contributed by atoms with Gasteiger partial charge in [0.2, 0.25) is 0 Å². The molecule has 2 rings (SSSR count). The maximum absolute atomic E-state index is 9.29. The number of hydrogen-bond acceptors (Lipinski definition) is 2. The Balaban J connectivity index is 1.92. The van der Waals surface area contributed by atoms with Crippen molar-refractivity contribution in [3.8, 4) is 0 Å². The lowest BCUT2D eigenvalue weighted by Crippen LogP contribution is -2.41. The Morgan fingerprint density at radius 3 is 2.75 bits per heavy atom. The van der Waals surface area contributed by atoms with Crippen LogP contribution in [0, 0.1) is 5.92 Å². The van der Waals surface area contributed by atoms with Gasteiger partial charge in [-0.1, -0.05) is 46.3 Å². The lowest BCUT2D eigenvalue weighted by atomic mass is 9.98. The molecule has 0 saturated carbocycles. The molecular weight excluding hydrogens is 266 g/mol. The van der Waals surface area contributed by atoms with Gasteiger partial charge in [-0.15, -0.1) is 0 Å². The van der Waals surface area contributed by atoms with Crippen molar-refractivity contribution in [2.24, 2.45) is 5.92 Å². The van der Waals surface area contributed by atoms with Crippen LogP contribution in [0.2, 0.25) is 0 Å². The molecule has 0 radical (unpaired) electrons. The molecule has 0 amide bonds. The van der Waals surface area contributed by atoms with Crippen molar-refractivity contribution >= 4 is 15.9 Å². The Morgan fingerprint density at radius 1 is 1.31 bits per heavy atom. The summed E-state index contributed by atoms with van der Waals surface area (Å²) >= 11 is 3.64. The quantitative estimate of drug-likeness (QED) is 0.861. The van der Waals surface area contributed by atoms with Crippen LogP contribution in [0.15, 0.2) is 30.3 Å². The lowest BCUT2D eigenvalue weighted by molar-refractivity contribution is 0.122. The number of benzene rings is 1. The summed E-state index contributed by atoms with van der Waals surface area (Å²) in [5, 5.41) is 9.29. The fourth-order valence-corrected chi connectivity index (χ4v) is 2.78. The second-order valence-corrected chi connectivity index (χ2v) is 5.64. The van der Waals surface area contributed by atoms with Gasteiger partial charge >= 0.3 is 0 Å². The van der Waals surface area contributed by atoms with E-state index in [1.165, 1.54) is 5.56 Å². The molecule has 3 heteroatoms. The Hall–Kier alpha value is -0.380. The van der Waals surface area contributed by atoms with Gasteiger partial charge in [0, 0.05) is 30.4 Å². The van der Waals surface area contributed by atoms with Gasteiger partial charge in [0.25, 0.3) is 0 Å². The van der Waals surface area contributed by atoms with Gasteiger partial charge in [0.15, 0.2) is 0 Å². The molecule has 1 heterocycles. The first-order chi connectivity index (χ1) is 7.79. The van der Waals surface area contributed by atoms with Gasteiger partial charge in [0.05, 0.1) is 0 Å². The summed E-state index contributed by atoms with van der Waals surface area (Å²) in [4.78, 5) is 2.90. The van der Waals surface area contributed by atoms with Crippen LogP contribution in [-0.2, 0) is 6.54 Å². The zero-order chi connectivity index (χ0) is 11.4. The zero-order valence-corrected chi connectivity index (χ0v) is 10.9. The van der Waals surface area contributed by atoms with Gasteiger partial charge in [-0.25, -0.2) is 0 Å². The van der Waals surface area contributed by atoms with E-state index in [-0.39, 0.29) is 6.61 Å². The Morgan fingerprint density at radius 2 is 2.06 bits per heavy atom. The largest absolute Gasteiger partial charge is 0.396 e. The van der Waals surface area contributed by atoms with Gasteiger partial charge in [-0.05, 0) is 18.5 Å². The van der Waals surface area contributed by atoms with Crippen LogP contribution in [0.4, 0.5) is 0 Å². The first kappa shape index (κ1) is 12.1. The summed E-state index contributed by atoms with van der Waals surface area (Å²) in [7, 11) is 0. The van der Waals surface area contributed by atoms with E-state index in [2.05, 4.69) is 45.1 Å². The standard InChI is InChI=1S/C13H18BrNO/c14-13-6-7-15(9-12(13)10-16)8-11-4-2-1-3-5-11/h1-5,12-13,16H,6-10H2/t12-,13+/m1/s1. The maximum atomic E-state index is 9.29. The minimum Gasteiger partial charge on any atom is -0.396 e. The third-order valence-corrected chi connectivity index (χ3v) is 4.41. The SMILES string of the molecule is OC[C@H]1CN(Cc2ccccc2)CC[C@@H]1Br. The van der Waals surface area contributed by atoms with Gasteiger partial charge in [-0.3, -0.25) is 4.90 Å². The normalized spacial score (nSPS) is 26.9. The number of nitrogens with zero attached hydrogens (tertiary/aromatic N) is 1. The van der Waals surface area contributed by atoms with E-state index < -0.39 is 0 Å². The van der Waals surface area contributed by atoms with Crippen LogP contribution < -0.4 is 0 Å². The van der Waals surface area contributed by atoms with Crippen molar-refractivity contribution in [2.45, 2.75) is 17.8 Å². The molecule has 1 aliphatic rings. The van der Waals surface area contributed by atoms with Crippen LogP contribution in [-0.4, -0.2) is 34.5 Å². The highest BCUT2D eigenvalue weighted by Gasteiger charge is 2.26. The Bertz CT molecular complexity index is 317. The fraction of sp³-hybridized carbons (Fsp3) is 0.538. The summed E-state index contributed by atoms with van der Waals surface area (Å²) in [5.41, 5.74) is 1.35. The van der Waals surface area contributed by atoms with E-state index >= 15 is 0 Å². The molecule has 1 fully saturated rings. The molecule has 0 unspecified atom stereocenters. The van der Waals surface area contributed by atoms with Gasteiger partial charge < -0.3 is 5.11 Å². The molecule has 2 nitrogen and oxygen atoms in total. The topological polar surface area (TPSA) is 23.5 Å². The highest BCUT2D eigenvalue weighted by molar-refractivity contribution is 9.09. The summed E-state index contributed by atoms with van der Waals surface area (Å²) in [5.74, 6) is 0.373. The summed E-state index contributed by atoms with van der Waals surface area (Å²) in [6.07, 6.45) is 1.12. The first-order valence-corrected chi connectivity index (χ1v) is 6.72. The first-order valence-electron chi connectivity index (χ1n) is 5.81. The van der Waals surface area contributed by atoms with Crippen molar-refractivity contribution in [1.82, 2.24) is 4.90 Å². The summed E-state index contributed by atoms with van der Waals surface area (Å²) in [6.45, 7) is 3.38. The minimum atomic E-state index is 0.279. The van der Waals surface area contributed by atoms with Gasteiger partial charge in [0.1, 0.15) is 0 Å². The van der Waals surface area contributed by atoms with E-state index in [4.69, 9.17) is 0 Å². The van der Waals surface area contributed by atoms with Crippen molar-refractivity contribution in [1.29, 1.82) is 0 Å². The summed E-state index contributed by atoms with van der Waals surface area (Å²) in [6, 6.07) is 10.5. The van der Waals surface area contributed by atoms with Crippen LogP contribution in [0.5, 0.6) is 0 Å². The zero-order valence-electron chi connectivity index (χ0n) is 9.35. The molecule has 16 heavy (non-hydrogen) atoms. The summed E-state index contributed by atoms with van der Waals surface area (Å²) < 4.78 is 0. The fourth-order valence-electron chi connectivity index (χ4n) is 2.24. The van der Waals surface area contributed by atoms with Crippen molar-refractivity contribution in [2.75, 3.05) is 19.7 Å². The average molecular weight is 284 g/mol. The van der Waals surface area contributed by atoms with Crippen molar-refractivity contribution in [3.63, 3.8) is 0 Å². The van der Waals surface area contributed by atoms with E-state index in [1.54, 1.807) is 0 Å². The molecular formula is C13H18BrNO. The third-order valence-electron chi connectivity index (χ3n) is 3.21. The number of alkyl halides is 1. The third kappa shape index (κ3) is 3.06. The smallest absolute Gasteiger partial charge is 0.0482 e. The molecule has 2 atom stereocenters. The second kappa shape index (κ2) is 5.80. The van der Waals surface area contributed by atoms with E-state index in [0.29, 0.717) is 10.7 Å². The van der Waals surface area contributed by atoms with E-state index in [0.717, 1.165) is 26.1 Å². The number of rotatable bonds is 3. The molecule has 88 valence electrons. The molecule has 0 aromatic heterocycles. The number of aliphatic hydroxyl groups is 1. The number of aliphatic hydroxyl groups excluding tert-OH is 1. The molecule has 1 saturated heterocycles. The molecule has 1 aromatic rings. The molecule has 0 spiro atoms. The molecule has 0 aliphatic carbocycles. The number of piperidine rings is 1. The molecule has 0 bridgehead atoms. The van der Waals surface area contributed by atoms with Gasteiger partial charge in [-0.2, -0.15) is 0 Å². The molecule has 1 aromatic carbocycles. The van der Waals surface area contributed by atoms with Crippen molar-refractivity contribution < 1.29 is 5.11 Å². The highest BCUT2D eigenvalue weighted by atomic mass is 79.9. The minimum absolute atomic E-state index is 0.279. The van der Waals surface area contributed by atoms with Crippen LogP contribution in [0.3, 0.4) is 0 Å². The van der Waals surface area contributed by atoms with Crippen molar-refractivity contribution in [3.05, 3.63) is 35.9 Å². The predicted molar refractivity (Wildman–Crippen MR) is 69.6 cm³/mol. The van der Waals surface area contributed by atoms with E-state index in [1.807, 2.05) is 6.07 Å². The number of hydrogen-bond donors (Lipinski definition) is 1. The molecule has 1 aliphatic heterocycles. The number of halogens is 1. The predicted octanol–water partition coefficient (Wildman–Crippen LogP) is 2.26.